The first-order valence-electron chi connectivity index (χ1n) is 22.2. The van der Waals surface area contributed by atoms with Crippen LogP contribution < -0.4 is 4.90 Å². The van der Waals surface area contributed by atoms with Crippen molar-refractivity contribution in [2.24, 2.45) is 0 Å². The molecule has 2 aromatic heterocycles. The second kappa shape index (κ2) is 15.5. The molecule has 0 aliphatic heterocycles. The van der Waals surface area contributed by atoms with Crippen molar-refractivity contribution in [3.8, 4) is 44.5 Å². The highest BCUT2D eigenvalue weighted by molar-refractivity contribution is 7.27. The first-order valence-corrected chi connectivity index (χ1v) is 23.8. The van der Waals surface area contributed by atoms with Crippen LogP contribution in [0.15, 0.2) is 237 Å². The fourth-order valence-corrected chi connectivity index (χ4v) is 12.5. The van der Waals surface area contributed by atoms with Crippen LogP contribution in [-0.4, -0.2) is 0 Å². The average Bonchev–Trinajstić information content (AvgIpc) is 3.97. The minimum Gasteiger partial charge on any atom is -0.309 e. The lowest BCUT2D eigenvalue weighted by Crippen LogP contribution is -2.10. The van der Waals surface area contributed by atoms with Gasteiger partial charge in [-0.2, -0.15) is 0 Å². The third kappa shape index (κ3) is 6.35. The molecule has 0 aliphatic rings. The van der Waals surface area contributed by atoms with Crippen LogP contribution in [0.5, 0.6) is 0 Å². The van der Waals surface area contributed by atoms with Crippen molar-refractivity contribution in [3.63, 3.8) is 0 Å². The predicted octanol–water partition coefficient (Wildman–Crippen LogP) is 18.9. The molecule has 304 valence electrons. The smallest absolute Gasteiger partial charge is 0.0640 e. The Morgan fingerprint density at radius 1 is 0.262 bits per heavy atom. The van der Waals surface area contributed by atoms with E-state index < -0.39 is 0 Å². The zero-order valence-corrected chi connectivity index (χ0v) is 36.9. The molecule has 0 aliphatic carbocycles. The monoisotopic (exact) mass is 861 g/mol. The lowest BCUT2D eigenvalue weighted by Gasteiger charge is -2.26. The second-order valence-corrected chi connectivity index (χ2v) is 18.9. The van der Waals surface area contributed by atoms with Crippen LogP contribution in [0.2, 0.25) is 0 Å². The minimum absolute atomic E-state index is 1.11. The van der Waals surface area contributed by atoms with Gasteiger partial charge < -0.3 is 4.90 Å². The highest BCUT2D eigenvalue weighted by atomic mass is 32.1. The summed E-state index contributed by atoms with van der Waals surface area (Å²) in [7, 11) is 0. The van der Waals surface area contributed by atoms with Gasteiger partial charge in [0.1, 0.15) is 0 Å². The van der Waals surface area contributed by atoms with Gasteiger partial charge in [-0.25, -0.2) is 0 Å². The van der Waals surface area contributed by atoms with E-state index in [9.17, 15) is 0 Å². The predicted molar refractivity (Wildman–Crippen MR) is 284 cm³/mol. The van der Waals surface area contributed by atoms with E-state index in [1.54, 1.807) is 0 Å². The van der Waals surface area contributed by atoms with Crippen LogP contribution in [0.4, 0.5) is 17.1 Å². The maximum atomic E-state index is 2.45. The maximum Gasteiger partial charge on any atom is 0.0640 e. The molecule has 0 amide bonds. The molecule has 11 aromatic carbocycles. The zero-order valence-electron chi connectivity index (χ0n) is 35.3. The largest absolute Gasteiger partial charge is 0.309 e. The summed E-state index contributed by atoms with van der Waals surface area (Å²) in [5, 5.41) is 10.3. The van der Waals surface area contributed by atoms with Gasteiger partial charge in [0.2, 0.25) is 0 Å². The highest BCUT2D eigenvalue weighted by Crippen LogP contribution is 2.48. The van der Waals surface area contributed by atoms with Gasteiger partial charge in [-0.05, 0) is 109 Å². The van der Waals surface area contributed by atoms with Gasteiger partial charge in [0.05, 0.1) is 10.4 Å². The van der Waals surface area contributed by atoms with Crippen molar-refractivity contribution >= 4 is 102 Å². The van der Waals surface area contributed by atoms with Gasteiger partial charge in [0.25, 0.3) is 0 Å². The van der Waals surface area contributed by atoms with E-state index in [0.717, 1.165) is 11.4 Å². The van der Waals surface area contributed by atoms with Gasteiger partial charge in [-0.15, -0.1) is 22.7 Å². The summed E-state index contributed by atoms with van der Waals surface area (Å²) >= 11 is 3.77. The average molecular weight is 862 g/mol. The molecule has 3 heteroatoms. The number of benzene rings is 11. The SMILES string of the molecule is c1ccc(-c2cccc3c2sc2c(N(c4ccc(-c5ccc(-c6cccc7c6sc6ccccc67)cc5)cc4)c4ccc(-c5cc6ccccc6c6ccccc56)cc4)cccc23)cc1. The van der Waals surface area contributed by atoms with E-state index in [4.69, 9.17) is 0 Å². The molecule has 13 rings (SSSR count). The lowest BCUT2D eigenvalue weighted by atomic mass is 9.93. The van der Waals surface area contributed by atoms with E-state index in [0.29, 0.717) is 0 Å². The van der Waals surface area contributed by atoms with Crippen molar-refractivity contribution < 1.29 is 0 Å². The Balaban J connectivity index is 0.919. The number of rotatable bonds is 7. The molecule has 0 radical (unpaired) electrons. The standard InChI is InChI=1S/C62H39NS2/c1-2-13-42(14-3-1)49-20-11-23-55-56-24-12-25-58(62(56)65-61(49)55)63(47-37-33-44(34-38-47)57-39-45-15-4-5-16-48(45)51-17-6-7-18-52(51)57)46-35-31-41(32-36-46)40-27-29-43(30-28-40)50-21-10-22-54-53-19-8-9-26-59(53)64-60(50)54/h1-39H. The Kier molecular flexibility index (Phi) is 8.97. The molecule has 0 spiro atoms. The molecule has 0 N–H and O–H groups in total. The zero-order chi connectivity index (χ0) is 42.8. The summed E-state index contributed by atoms with van der Waals surface area (Å²) < 4.78 is 5.25. The molecule has 0 fully saturated rings. The quantitative estimate of drug-likeness (QED) is 0.144. The second-order valence-electron chi connectivity index (χ2n) is 16.8. The highest BCUT2D eigenvalue weighted by Gasteiger charge is 2.20. The summed E-state index contributed by atoms with van der Waals surface area (Å²) in [4.78, 5) is 2.45. The van der Waals surface area contributed by atoms with Crippen molar-refractivity contribution in [2.75, 3.05) is 4.90 Å². The molecule has 65 heavy (non-hydrogen) atoms. The summed E-state index contributed by atoms with van der Waals surface area (Å²) in [6.07, 6.45) is 0. The molecule has 0 saturated heterocycles. The van der Waals surface area contributed by atoms with Gasteiger partial charge in [0, 0.05) is 47.0 Å². The van der Waals surface area contributed by atoms with Crippen molar-refractivity contribution in [1.29, 1.82) is 0 Å². The van der Waals surface area contributed by atoms with E-state index >= 15 is 0 Å². The van der Waals surface area contributed by atoms with Gasteiger partial charge in [-0.1, -0.05) is 194 Å². The summed E-state index contributed by atoms with van der Waals surface area (Å²) in [5.74, 6) is 0. The van der Waals surface area contributed by atoms with Gasteiger partial charge in [0.15, 0.2) is 0 Å². The summed E-state index contributed by atoms with van der Waals surface area (Å²) in [6.45, 7) is 0. The molecule has 0 bridgehead atoms. The molecule has 1 nitrogen and oxygen atoms in total. The van der Waals surface area contributed by atoms with Crippen LogP contribution in [-0.2, 0) is 0 Å². The van der Waals surface area contributed by atoms with Crippen molar-refractivity contribution in [1.82, 2.24) is 0 Å². The fourth-order valence-electron chi connectivity index (χ4n) is 9.96. The number of thiophene rings is 2. The van der Waals surface area contributed by atoms with Crippen molar-refractivity contribution in [2.45, 2.75) is 0 Å². The first-order chi connectivity index (χ1) is 32.2. The fraction of sp³-hybridized carbons (Fsp3) is 0. The van der Waals surface area contributed by atoms with Crippen LogP contribution in [0.25, 0.3) is 106 Å². The summed E-state index contributed by atoms with van der Waals surface area (Å²) in [6, 6.07) is 87.0. The molecular weight excluding hydrogens is 823 g/mol. The van der Waals surface area contributed by atoms with Crippen molar-refractivity contribution in [3.05, 3.63) is 237 Å². The Morgan fingerprint density at radius 3 is 1.43 bits per heavy atom. The Morgan fingerprint density at radius 2 is 0.723 bits per heavy atom. The third-order valence-corrected chi connectivity index (χ3v) is 15.6. The van der Waals surface area contributed by atoms with Crippen LogP contribution >= 0.6 is 22.7 Å². The topological polar surface area (TPSA) is 3.24 Å². The van der Waals surface area contributed by atoms with Gasteiger partial charge in [-0.3, -0.25) is 0 Å². The van der Waals surface area contributed by atoms with Gasteiger partial charge >= 0.3 is 0 Å². The number of hydrogen-bond acceptors (Lipinski definition) is 3. The number of nitrogens with zero attached hydrogens (tertiary/aromatic N) is 1. The van der Waals surface area contributed by atoms with E-state index in [2.05, 4.69) is 241 Å². The van der Waals surface area contributed by atoms with Crippen LogP contribution in [0.3, 0.4) is 0 Å². The molecular formula is C62H39NS2. The summed E-state index contributed by atoms with van der Waals surface area (Å²) in [5.41, 5.74) is 13.2. The number of anilines is 3. The molecule has 0 saturated carbocycles. The lowest BCUT2D eigenvalue weighted by molar-refractivity contribution is 1.30. The Bertz CT molecular complexity index is 3920. The molecule has 2 heterocycles. The van der Waals surface area contributed by atoms with E-state index in [1.165, 1.54) is 112 Å². The van der Waals surface area contributed by atoms with E-state index in [1.807, 2.05) is 22.7 Å². The van der Waals surface area contributed by atoms with Crippen LogP contribution in [0.1, 0.15) is 0 Å². The Labute approximate surface area is 385 Å². The van der Waals surface area contributed by atoms with E-state index in [-0.39, 0.29) is 0 Å². The molecule has 13 aromatic rings. The normalized spacial score (nSPS) is 11.7. The van der Waals surface area contributed by atoms with Crippen LogP contribution in [0, 0.1) is 0 Å². The molecule has 0 atom stereocenters. The number of fused-ring (bicyclic) bond motifs is 9. The Hall–Kier alpha value is -7.82. The first kappa shape index (κ1) is 37.7. The molecule has 0 unspecified atom stereocenters. The minimum atomic E-state index is 1.11. The third-order valence-electron chi connectivity index (χ3n) is 13.1. The maximum absolute atomic E-state index is 2.45. The number of hydrogen-bond donors (Lipinski definition) is 0.